The van der Waals surface area contributed by atoms with Crippen LogP contribution in [0.25, 0.3) is 17.0 Å². The molecule has 1 unspecified atom stereocenters. The third-order valence-electron chi connectivity index (χ3n) is 8.88. The van der Waals surface area contributed by atoms with E-state index in [-0.39, 0.29) is 24.0 Å². The van der Waals surface area contributed by atoms with Crippen molar-refractivity contribution in [3.63, 3.8) is 0 Å². The summed E-state index contributed by atoms with van der Waals surface area (Å²) in [4.78, 5) is 68.4. The first-order valence-corrected chi connectivity index (χ1v) is 16.5. The number of anilines is 1. The fraction of sp³-hybridized carbons (Fsp3) is 0.270. The number of piperidine rings is 1. The topological polar surface area (TPSA) is 173 Å². The van der Waals surface area contributed by atoms with Gasteiger partial charge in [-0.2, -0.15) is 0 Å². The molecule has 6 rings (SSSR count). The molecule has 13 nitrogen and oxygen atoms in total. The minimum Gasteiger partial charge on any atom is -0.382 e. The molecule has 1 aromatic heterocycles. The minimum absolute atomic E-state index is 0.0595. The Kier molecular flexibility index (Phi) is 10.8. The Morgan fingerprint density at radius 3 is 2.60 bits per heavy atom. The van der Waals surface area contributed by atoms with Gasteiger partial charge in [0.05, 0.1) is 24.3 Å². The molecule has 3 heterocycles. The number of nitrogens with zero attached hydrogens (tertiary/aromatic N) is 2. The lowest BCUT2D eigenvalue weighted by Crippen LogP contribution is -2.54. The normalized spacial score (nSPS) is 16.0. The van der Waals surface area contributed by atoms with Gasteiger partial charge in [-0.05, 0) is 53.8 Å². The molecule has 258 valence electrons. The van der Waals surface area contributed by atoms with Crippen molar-refractivity contribution in [1.82, 2.24) is 25.6 Å². The third kappa shape index (κ3) is 7.81. The zero-order chi connectivity index (χ0) is 35.0. The maximum Gasteiger partial charge on any atom is 0.267 e. The Labute approximate surface area is 288 Å². The van der Waals surface area contributed by atoms with Crippen LogP contribution in [0.15, 0.2) is 79.0 Å². The van der Waals surface area contributed by atoms with Crippen molar-refractivity contribution in [2.45, 2.75) is 31.8 Å². The third-order valence-corrected chi connectivity index (χ3v) is 8.88. The van der Waals surface area contributed by atoms with Gasteiger partial charge < -0.3 is 15.0 Å². The molecule has 0 aliphatic carbocycles. The van der Waals surface area contributed by atoms with Gasteiger partial charge in [0.25, 0.3) is 17.7 Å². The maximum absolute atomic E-state index is 13.4. The zero-order valence-electron chi connectivity index (χ0n) is 27.3. The Bertz CT molecular complexity index is 1940. The van der Waals surface area contributed by atoms with E-state index < -0.39 is 35.6 Å². The molecule has 0 saturated carbocycles. The van der Waals surface area contributed by atoms with Gasteiger partial charge in [-0.3, -0.25) is 44.3 Å². The molecule has 4 aromatic rings. The van der Waals surface area contributed by atoms with Crippen molar-refractivity contribution in [2.24, 2.45) is 0 Å². The maximum atomic E-state index is 13.4. The van der Waals surface area contributed by atoms with Crippen LogP contribution >= 0.6 is 0 Å². The molecule has 0 bridgehead atoms. The number of imide groups is 2. The van der Waals surface area contributed by atoms with E-state index in [0.29, 0.717) is 38.5 Å². The average Bonchev–Trinajstić information content (AvgIpc) is 3.65. The highest BCUT2D eigenvalue weighted by molar-refractivity contribution is 6.25. The summed E-state index contributed by atoms with van der Waals surface area (Å²) in [6.45, 7) is 3.32. The second-order valence-corrected chi connectivity index (χ2v) is 12.2. The number of ether oxygens (including phenoxy) is 1. The van der Waals surface area contributed by atoms with Gasteiger partial charge in [-0.25, -0.2) is 5.48 Å². The molecule has 1 saturated heterocycles. The number of hydrogen-bond acceptors (Lipinski definition) is 9. The monoisotopic (exact) mass is 678 g/mol. The number of para-hydroxylation sites is 1. The fourth-order valence-electron chi connectivity index (χ4n) is 6.30. The van der Waals surface area contributed by atoms with E-state index in [1.165, 1.54) is 17.0 Å². The van der Waals surface area contributed by atoms with Crippen LogP contribution in [0, 0.1) is 0 Å². The van der Waals surface area contributed by atoms with E-state index >= 15 is 0 Å². The number of fused-ring (bicyclic) bond motifs is 2. The quantitative estimate of drug-likeness (QED) is 0.0416. The molecule has 0 radical (unpaired) electrons. The number of aromatic amines is 1. The van der Waals surface area contributed by atoms with Crippen molar-refractivity contribution in [3.8, 4) is 0 Å². The van der Waals surface area contributed by atoms with E-state index in [4.69, 9.17) is 9.94 Å². The highest BCUT2D eigenvalue weighted by atomic mass is 16.5. The minimum atomic E-state index is -1.02. The SMILES string of the molecule is O=C(/C=C/c1ccc(CN(CCOCCNc2cccc3c2C(=O)N(C2CCC(=O)NC2=O)C3=O)CCc2c[nH]c3ccccc23)cc1)NO. The Morgan fingerprint density at radius 2 is 1.80 bits per heavy atom. The molecule has 5 amide bonds. The number of H-pyrrole nitrogens is 1. The van der Waals surface area contributed by atoms with Gasteiger partial charge in [0.15, 0.2) is 0 Å². The summed E-state index contributed by atoms with van der Waals surface area (Å²) in [6, 6.07) is 20.0. The lowest BCUT2D eigenvalue weighted by molar-refractivity contribution is -0.136. The van der Waals surface area contributed by atoms with E-state index in [1.807, 2.05) is 36.4 Å². The van der Waals surface area contributed by atoms with Gasteiger partial charge >= 0.3 is 0 Å². The Balaban J connectivity index is 1.04. The number of benzene rings is 3. The first-order chi connectivity index (χ1) is 24.3. The Morgan fingerprint density at radius 1 is 0.980 bits per heavy atom. The van der Waals surface area contributed by atoms with Crippen molar-refractivity contribution < 1.29 is 33.9 Å². The molecule has 3 aromatic carbocycles. The summed E-state index contributed by atoms with van der Waals surface area (Å²) < 4.78 is 6.00. The van der Waals surface area contributed by atoms with Crippen LogP contribution in [0.2, 0.25) is 0 Å². The molecular formula is C37H38N6O7. The van der Waals surface area contributed by atoms with Gasteiger partial charge in [0, 0.05) is 61.5 Å². The molecule has 2 aliphatic heterocycles. The van der Waals surface area contributed by atoms with Crippen molar-refractivity contribution in [2.75, 3.05) is 38.2 Å². The summed E-state index contributed by atoms with van der Waals surface area (Å²) in [6.07, 6.45) is 5.93. The van der Waals surface area contributed by atoms with Crippen LogP contribution in [0.3, 0.4) is 0 Å². The smallest absolute Gasteiger partial charge is 0.267 e. The summed E-state index contributed by atoms with van der Waals surface area (Å²) in [5.41, 5.74) is 6.75. The zero-order valence-corrected chi connectivity index (χ0v) is 27.3. The predicted molar refractivity (Wildman–Crippen MR) is 185 cm³/mol. The van der Waals surface area contributed by atoms with Crippen LogP contribution in [0.5, 0.6) is 0 Å². The predicted octanol–water partition coefficient (Wildman–Crippen LogP) is 3.26. The summed E-state index contributed by atoms with van der Waals surface area (Å²) in [5, 5.41) is 15.3. The molecule has 5 N–H and O–H groups in total. The van der Waals surface area contributed by atoms with Crippen LogP contribution < -0.4 is 16.1 Å². The van der Waals surface area contributed by atoms with Crippen LogP contribution in [0.1, 0.15) is 50.2 Å². The number of aromatic nitrogens is 1. The first kappa shape index (κ1) is 34.2. The lowest BCUT2D eigenvalue weighted by Gasteiger charge is -2.27. The fourth-order valence-corrected chi connectivity index (χ4v) is 6.30. The van der Waals surface area contributed by atoms with E-state index in [1.54, 1.807) is 29.8 Å². The number of nitrogens with one attached hydrogen (secondary N) is 4. The van der Waals surface area contributed by atoms with Gasteiger partial charge in [0.2, 0.25) is 11.8 Å². The second-order valence-electron chi connectivity index (χ2n) is 12.2. The number of hydroxylamine groups is 1. The summed E-state index contributed by atoms with van der Waals surface area (Å²) >= 11 is 0. The van der Waals surface area contributed by atoms with Gasteiger partial charge in [-0.1, -0.05) is 48.5 Å². The molecule has 1 fully saturated rings. The molecule has 13 heteroatoms. The Hall–Kier alpha value is -5.63. The largest absolute Gasteiger partial charge is 0.382 e. The van der Waals surface area contributed by atoms with Crippen molar-refractivity contribution in [3.05, 3.63) is 107 Å². The molecule has 50 heavy (non-hydrogen) atoms. The van der Waals surface area contributed by atoms with Crippen molar-refractivity contribution in [1.29, 1.82) is 0 Å². The number of rotatable bonds is 15. The number of carbonyl (C=O) groups is 5. The van der Waals surface area contributed by atoms with Gasteiger partial charge in [-0.15, -0.1) is 0 Å². The van der Waals surface area contributed by atoms with E-state index in [2.05, 4.69) is 38.8 Å². The molecule has 0 spiro atoms. The standard InChI is InChI=1S/C37H38N6O7/c44-32-15-13-31(35(46)40-32)43-36(47)28-5-3-7-30(34(28)37(43)48)38-17-20-50-21-19-42(18-16-26-22-39-29-6-2-1-4-27(26)29)23-25-10-8-24(9-11-25)12-14-33(45)41-49/h1-12,14,22,31,38-39,49H,13,15-21,23H2,(H,41,45)(H,40,44,46)/b14-12+. The number of hydrogen-bond donors (Lipinski definition) is 5. The highest BCUT2D eigenvalue weighted by Crippen LogP contribution is 2.32. The molecule has 2 aliphatic rings. The highest BCUT2D eigenvalue weighted by Gasteiger charge is 2.45. The summed E-state index contributed by atoms with van der Waals surface area (Å²) in [7, 11) is 0. The number of amides is 5. The van der Waals surface area contributed by atoms with E-state index in [9.17, 15) is 24.0 Å². The second kappa shape index (κ2) is 15.7. The van der Waals surface area contributed by atoms with Crippen LogP contribution in [-0.4, -0.2) is 88.4 Å². The van der Waals surface area contributed by atoms with Gasteiger partial charge in [0.1, 0.15) is 6.04 Å². The summed E-state index contributed by atoms with van der Waals surface area (Å²) in [5.74, 6) is -2.77. The molecule has 1 atom stereocenters. The average molecular weight is 679 g/mol. The number of carbonyl (C=O) groups excluding carboxylic acids is 5. The van der Waals surface area contributed by atoms with Crippen molar-refractivity contribution >= 4 is 52.2 Å². The van der Waals surface area contributed by atoms with Crippen LogP contribution in [0.4, 0.5) is 5.69 Å². The first-order valence-electron chi connectivity index (χ1n) is 16.5. The van der Waals surface area contributed by atoms with Crippen LogP contribution in [-0.2, 0) is 32.1 Å². The van der Waals surface area contributed by atoms with E-state index in [0.717, 1.165) is 34.5 Å². The lowest BCUT2D eigenvalue weighted by atomic mass is 10.0. The molecular weight excluding hydrogens is 640 g/mol.